The summed E-state index contributed by atoms with van der Waals surface area (Å²) in [6, 6.07) is 8.11. The average Bonchev–Trinajstić information content (AvgIpc) is 2.97. The summed E-state index contributed by atoms with van der Waals surface area (Å²) < 4.78 is 10.7. The quantitative estimate of drug-likeness (QED) is 0.373. The maximum atomic E-state index is 5.66. The van der Waals surface area contributed by atoms with Gasteiger partial charge in [0.2, 0.25) is 0 Å². The maximum Gasteiger partial charge on any atom is 0.191 e. The van der Waals surface area contributed by atoms with Crippen molar-refractivity contribution in [1.29, 1.82) is 0 Å². The molecule has 1 heterocycles. The zero-order chi connectivity index (χ0) is 19.2. The van der Waals surface area contributed by atoms with Crippen LogP contribution in [0.15, 0.2) is 29.3 Å². The molecule has 1 fully saturated rings. The van der Waals surface area contributed by atoms with E-state index in [-0.39, 0.29) is 0 Å². The van der Waals surface area contributed by atoms with Crippen molar-refractivity contribution >= 4 is 5.96 Å². The molecule has 1 aliphatic heterocycles. The van der Waals surface area contributed by atoms with Gasteiger partial charge >= 0.3 is 0 Å². The minimum atomic E-state index is 0.563. The molecule has 0 radical (unpaired) electrons. The lowest BCUT2D eigenvalue weighted by atomic mass is 10.2. The molecule has 152 valence electrons. The molecule has 0 amide bonds. The van der Waals surface area contributed by atoms with Gasteiger partial charge < -0.3 is 25.0 Å². The summed E-state index contributed by atoms with van der Waals surface area (Å²) in [4.78, 5) is 6.92. The van der Waals surface area contributed by atoms with Crippen molar-refractivity contribution in [3.63, 3.8) is 0 Å². The Morgan fingerprint density at radius 3 is 2.67 bits per heavy atom. The largest absolute Gasteiger partial charge is 0.491 e. The van der Waals surface area contributed by atoms with Gasteiger partial charge in [0, 0.05) is 27.2 Å². The zero-order valence-electron chi connectivity index (χ0n) is 17.0. The third-order valence-corrected chi connectivity index (χ3v) is 4.78. The maximum absolute atomic E-state index is 5.66. The van der Waals surface area contributed by atoms with E-state index in [1.807, 2.05) is 19.2 Å². The van der Waals surface area contributed by atoms with Crippen molar-refractivity contribution in [2.45, 2.75) is 38.6 Å². The van der Waals surface area contributed by atoms with Crippen molar-refractivity contribution in [2.75, 3.05) is 53.6 Å². The summed E-state index contributed by atoms with van der Waals surface area (Å²) in [5.74, 6) is 1.71. The fraction of sp³-hybridized carbons (Fsp3) is 0.667. The summed E-state index contributed by atoms with van der Waals surface area (Å²) in [6.45, 7) is 6.50. The summed E-state index contributed by atoms with van der Waals surface area (Å²) in [5.41, 5.74) is 1.16. The van der Waals surface area contributed by atoms with Crippen LogP contribution in [0.2, 0.25) is 0 Å². The molecule has 1 aliphatic rings. The van der Waals surface area contributed by atoms with Crippen molar-refractivity contribution in [3.8, 4) is 5.75 Å². The molecular weight excluding hydrogens is 340 g/mol. The second kappa shape index (κ2) is 13.4. The van der Waals surface area contributed by atoms with Crippen LogP contribution in [-0.4, -0.2) is 64.4 Å². The normalized spacial score (nSPS) is 16.0. The fourth-order valence-electron chi connectivity index (χ4n) is 3.26. The molecule has 1 aromatic carbocycles. The first kappa shape index (κ1) is 21.5. The zero-order valence-corrected chi connectivity index (χ0v) is 17.0. The molecule has 2 N–H and O–H groups in total. The second-order valence-corrected chi connectivity index (χ2v) is 6.95. The third-order valence-electron chi connectivity index (χ3n) is 4.78. The SMILES string of the molecule is CN=C(NCCCN1CCCCCC1)NCc1cccc(OCCOC)c1. The lowest BCUT2D eigenvalue weighted by Gasteiger charge is -2.20. The Labute approximate surface area is 164 Å². The number of benzene rings is 1. The predicted octanol–water partition coefficient (Wildman–Crippen LogP) is 2.64. The average molecular weight is 377 g/mol. The van der Waals surface area contributed by atoms with E-state index in [2.05, 4.69) is 32.7 Å². The highest BCUT2D eigenvalue weighted by Gasteiger charge is 2.08. The molecule has 0 aliphatic carbocycles. The van der Waals surface area contributed by atoms with Gasteiger partial charge in [-0.15, -0.1) is 0 Å². The summed E-state index contributed by atoms with van der Waals surface area (Å²) in [6.07, 6.45) is 6.63. The van der Waals surface area contributed by atoms with E-state index in [0.29, 0.717) is 19.8 Å². The van der Waals surface area contributed by atoms with Crippen LogP contribution in [0.4, 0.5) is 0 Å². The van der Waals surface area contributed by atoms with Crippen molar-refractivity contribution in [3.05, 3.63) is 29.8 Å². The number of ether oxygens (including phenoxy) is 2. The number of guanidine groups is 1. The third kappa shape index (κ3) is 9.11. The highest BCUT2D eigenvalue weighted by atomic mass is 16.5. The van der Waals surface area contributed by atoms with Crippen LogP contribution in [-0.2, 0) is 11.3 Å². The molecule has 1 aromatic rings. The van der Waals surface area contributed by atoms with Crippen LogP contribution in [0, 0.1) is 0 Å². The predicted molar refractivity (Wildman–Crippen MR) is 112 cm³/mol. The Bertz CT molecular complexity index is 543. The van der Waals surface area contributed by atoms with Gasteiger partial charge in [0.25, 0.3) is 0 Å². The number of nitrogens with zero attached hydrogens (tertiary/aromatic N) is 2. The molecule has 0 bridgehead atoms. The van der Waals surface area contributed by atoms with Crippen LogP contribution in [0.3, 0.4) is 0 Å². The molecule has 0 unspecified atom stereocenters. The Balaban J connectivity index is 1.65. The van der Waals surface area contributed by atoms with Gasteiger partial charge in [0.1, 0.15) is 12.4 Å². The Kier molecular flexibility index (Phi) is 10.7. The topological polar surface area (TPSA) is 58.1 Å². The molecule has 27 heavy (non-hydrogen) atoms. The number of nitrogens with one attached hydrogen (secondary N) is 2. The molecule has 0 aromatic heterocycles. The van der Waals surface area contributed by atoms with Crippen LogP contribution in [0.25, 0.3) is 0 Å². The van der Waals surface area contributed by atoms with E-state index in [9.17, 15) is 0 Å². The standard InChI is InChI=1S/C21H36N4O2/c1-22-21(23-11-8-14-25-12-5-3-4-6-13-25)24-18-19-9-7-10-20(17-19)27-16-15-26-2/h7,9-10,17H,3-6,8,11-16,18H2,1-2H3,(H2,22,23,24). The van der Waals surface area contributed by atoms with E-state index in [0.717, 1.165) is 30.2 Å². The van der Waals surface area contributed by atoms with Gasteiger partial charge in [-0.05, 0) is 56.6 Å². The molecule has 0 saturated carbocycles. The van der Waals surface area contributed by atoms with Gasteiger partial charge in [0.15, 0.2) is 5.96 Å². The molecule has 6 heteroatoms. The van der Waals surface area contributed by atoms with Crippen molar-refractivity contribution in [2.24, 2.45) is 4.99 Å². The van der Waals surface area contributed by atoms with Gasteiger partial charge in [-0.3, -0.25) is 4.99 Å². The summed E-state index contributed by atoms with van der Waals surface area (Å²) in [7, 11) is 3.49. The van der Waals surface area contributed by atoms with E-state index in [4.69, 9.17) is 9.47 Å². The van der Waals surface area contributed by atoms with Crippen LogP contribution >= 0.6 is 0 Å². The molecule has 0 spiro atoms. The lowest BCUT2D eigenvalue weighted by molar-refractivity contribution is 0.146. The first-order valence-corrected chi connectivity index (χ1v) is 10.2. The second-order valence-electron chi connectivity index (χ2n) is 6.95. The number of likely N-dealkylation sites (tertiary alicyclic amines) is 1. The van der Waals surface area contributed by atoms with Crippen LogP contribution in [0.5, 0.6) is 5.75 Å². The molecule has 0 atom stereocenters. The van der Waals surface area contributed by atoms with Crippen LogP contribution < -0.4 is 15.4 Å². The Hall–Kier alpha value is -1.79. The highest BCUT2D eigenvalue weighted by Crippen LogP contribution is 2.13. The van der Waals surface area contributed by atoms with E-state index in [1.165, 1.54) is 45.3 Å². The number of hydrogen-bond donors (Lipinski definition) is 2. The van der Waals surface area contributed by atoms with Gasteiger partial charge in [-0.2, -0.15) is 0 Å². The number of methoxy groups -OCH3 is 1. The van der Waals surface area contributed by atoms with Crippen molar-refractivity contribution in [1.82, 2.24) is 15.5 Å². The number of aliphatic imine (C=N–C) groups is 1. The van der Waals surface area contributed by atoms with Crippen LogP contribution in [0.1, 0.15) is 37.7 Å². The Morgan fingerprint density at radius 2 is 1.93 bits per heavy atom. The minimum Gasteiger partial charge on any atom is -0.491 e. The molecule has 1 saturated heterocycles. The highest BCUT2D eigenvalue weighted by molar-refractivity contribution is 5.79. The molecular formula is C21H36N4O2. The van der Waals surface area contributed by atoms with Gasteiger partial charge in [-0.1, -0.05) is 25.0 Å². The fourth-order valence-corrected chi connectivity index (χ4v) is 3.26. The van der Waals surface area contributed by atoms with E-state index >= 15 is 0 Å². The summed E-state index contributed by atoms with van der Waals surface area (Å²) >= 11 is 0. The first-order chi connectivity index (χ1) is 13.3. The minimum absolute atomic E-state index is 0.563. The van der Waals surface area contributed by atoms with E-state index in [1.54, 1.807) is 7.11 Å². The summed E-state index contributed by atoms with van der Waals surface area (Å²) in [5, 5.41) is 6.79. The van der Waals surface area contributed by atoms with E-state index < -0.39 is 0 Å². The number of rotatable bonds is 10. The van der Waals surface area contributed by atoms with Crippen molar-refractivity contribution < 1.29 is 9.47 Å². The number of hydrogen-bond acceptors (Lipinski definition) is 4. The monoisotopic (exact) mass is 376 g/mol. The van der Waals surface area contributed by atoms with Gasteiger partial charge in [-0.25, -0.2) is 0 Å². The smallest absolute Gasteiger partial charge is 0.191 e. The Morgan fingerprint density at radius 1 is 1.11 bits per heavy atom. The first-order valence-electron chi connectivity index (χ1n) is 10.2. The van der Waals surface area contributed by atoms with Gasteiger partial charge in [0.05, 0.1) is 6.61 Å². The molecule has 6 nitrogen and oxygen atoms in total. The lowest BCUT2D eigenvalue weighted by Crippen LogP contribution is -2.38. The molecule has 2 rings (SSSR count).